The molecule has 3 aromatic carbocycles. The molecule has 2 aliphatic heterocycles. The van der Waals surface area contributed by atoms with Gasteiger partial charge in [-0.15, -0.1) is 0 Å². The van der Waals surface area contributed by atoms with Crippen molar-refractivity contribution < 1.29 is 38.4 Å². The van der Waals surface area contributed by atoms with Crippen molar-refractivity contribution in [1.82, 2.24) is 41.7 Å². The van der Waals surface area contributed by atoms with Crippen LogP contribution < -0.4 is 31.9 Å². The van der Waals surface area contributed by atoms with E-state index in [0.717, 1.165) is 42.4 Å². The molecule has 0 aromatic heterocycles. The number of nitrogens with one attached hydrogen (secondary N) is 6. The van der Waals surface area contributed by atoms with Crippen LogP contribution >= 0.6 is 0 Å². The first-order chi connectivity index (χ1) is 35.0. The number of hydrogen-bond donors (Lipinski definition) is 6. The molecule has 7 rings (SSSR count). The Morgan fingerprint density at radius 2 is 1.05 bits per heavy atom. The summed E-state index contributed by atoms with van der Waals surface area (Å²) in [6.45, 7) is 16.9. The van der Waals surface area contributed by atoms with Gasteiger partial charge in [-0.25, -0.2) is 0 Å². The molecule has 0 saturated carbocycles. The Kier molecular flexibility index (Phi) is 17.2. The number of likely N-dealkylation sites (tertiary alicyclic amines) is 2. The van der Waals surface area contributed by atoms with Gasteiger partial charge < -0.3 is 41.7 Å². The van der Waals surface area contributed by atoms with E-state index in [-0.39, 0.29) is 90.9 Å². The lowest BCUT2D eigenvalue weighted by atomic mass is 9.76. The molecule has 4 aliphatic rings. The number of ketones is 1. The molecule has 1 unspecified atom stereocenters. The Morgan fingerprint density at radius 3 is 1.47 bits per heavy atom. The lowest BCUT2D eigenvalue weighted by Gasteiger charge is -2.36. The van der Waals surface area contributed by atoms with Crippen LogP contribution in [-0.2, 0) is 41.6 Å². The van der Waals surface area contributed by atoms with E-state index in [1.165, 1.54) is 39.6 Å². The summed E-state index contributed by atoms with van der Waals surface area (Å²) >= 11 is 0. The van der Waals surface area contributed by atoms with Gasteiger partial charge in [0.05, 0.1) is 18.1 Å². The van der Waals surface area contributed by atoms with E-state index in [0.29, 0.717) is 6.42 Å². The maximum absolute atomic E-state index is 14.6. The van der Waals surface area contributed by atoms with E-state index in [1.54, 1.807) is 20.9 Å². The van der Waals surface area contributed by atoms with Crippen molar-refractivity contribution in [1.29, 1.82) is 0 Å². The Hall–Kier alpha value is -6.42. The van der Waals surface area contributed by atoms with Crippen molar-refractivity contribution in [3.63, 3.8) is 0 Å². The summed E-state index contributed by atoms with van der Waals surface area (Å²) in [6, 6.07) is 17.2. The zero-order valence-corrected chi connectivity index (χ0v) is 44.9. The third-order valence-corrected chi connectivity index (χ3v) is 15.9. The number of benzene rings is 3. The predicted molar refractivity (Wildman–Crippen MR) is 282 cm³/mol. The van der Waals surface area contributed by atoms with Crippen LogP contribution in [-0.4, -0.2) is 113 Å². The monoisotopic (exact) mass is 1010 g/mol. The number of hydrogen-bond acceptors (Lipinski definition) is 9. The lowest BCUT2D eigenvalue weighted by molar-refractivity contribution is -0.146. The lowest BCUT2D eigenvalue weighted by Crippen LogP contribution is -2.58. The highest BCUT2D eigenvalue weighted by Gasteiger charge is 2.48. The molecule has 0 bridgehead atoms. The largest absolute Gasteiger partial charge is 0.347 e. The molecule has 0 radical (unpaired) electrons. The highest BCUT2D eigenvalue weighted by Crippen LogP contribution is 2.36. The van der Waals surface area contributed by atoms with Gasteiger partial charge in [0.2, 0.25) is 29.5 Å². The van der Waals surface area contributed by atoms with Crippen molar-refractivity contribution in [2.75, 3.05) is 20.1 Å². The standard InChI is InChI=1S/C58H78N8O8/c1-11-33(2)50(68)64-49(58(7,8)9)56(74)66-32-40(29-47(66)54(72)63-45-27-25-36-17-13-15-19-42(36)45)61-52(70)38-22-20-37(21-23-38)51(69)60-39-28-46(53(71)62-44-26-24-35-16-12-14-18-41(35)44)65(31-39)55(73)43(57(4,5)6)30-48(67)34(3)59-10/h12-23,33-34,39-40,43-47,49,59H,11,24-32H2,1-10H3,(H,60,69)(H,61,70)(H,62,71)(H,63,72)(H,64,68)/t33-,34+,39+,40+,43-,44?,45-,46+,47+,49-/m1/s1. The Balaban J connectivity index is 1.05. The van der Waals surface area contributed by atoms with Crippen molar-refractivity contribution in [2.24, 2.45) is 22.7 Å². The molecular formula is C58H78N8O8. The summed E-state index contributed by atoms with van der Waals surface area (Å²) < 4.78 is 0. The number of rotatable bonds is 17. The molecule has 2 saturated heterocycles. The van der Waals surface area contributed by atoms with Gasteiger partial charge >= 0.3 is 0 Å². The number of Topliss-reactive ketones (excluding diaryl/α,β-unsaturated/α-hetero) is 1. The smallest absolute Gasteiger partial charge is 0.251 e. The topological polar surface area (TPSA) is 215 Å². The van der Waals surface area contributed by atoms with Crippen LogP contribution in [0.3, 0.4) is 0 Å². The molecule has 6 N–H and O–H groups in total. The first kappa shape index (κ1) is 55.3. The second-order valence-corrected chi connectivity index (χ2v) is 23.2. The van der Waals surface area contributed by atoms with Crippen molar-refractivity contribution in [3.8, 4) is 0 Å². The minimum Gasteiger partial charge on any atom is -0.347 e. The van der Waals surface area contributed by atoms with E-state index in [2.05, 4.69) is 44.0 Å². The number of aryl methyl sites for hydroxylation is 2. The Labute approximate surface area is 436 Å². The summed E-state index contributed by atoms with van der Waals surface area (Å²) in [4.78, 5) is 115. The molecule has 3 aromatic rings. The highest BCUT2D eigenvalue weighted by atomic mass is 16.2. The molecule has 10 atom stereocenters. The molecule has 74 heavy (non-hydrogen) atoms. The van der Waals surface area contributed by atoms with E-state index in [4.69, 9.17) is 0 Å². The van der Waals surface area contributed by atoms with E-state index < -0.39 is 70.7 Å². The van der Waals surface area contributed by atoms with Crippen LogP contribution in [0.25, 0.3) is 0 Å². The quantitative estimate of drug-likeness (QED) is 0.101. The van der Waals surface area contributed by atoms with Gasteiger partial charge in [0, 0.05) is 54.6 Å². The molecule has 16 nitrogen and oxygen atoms in total. The van der Waals surface area contributed by atoms with Gasteiger partial charge in [0.25, 0.3) is 11.8 Å². The van der Waals surface area contributed by atoms with Crippen molar-refractivity contribution in [3.05, 3.63) is 106 Å². The summed E-state index contributed by atoms with van der Waals surface area (Å²) in [6.07, 6.45) is 3.96. The van der Waals surface area contributed by atoms with Crippen LogP contribution in [0, 0.1) is 22.7 Å². The second kappa shape index (κ2) is 23.0. The van der Waals surface area contributed by atoms with Gasteiger partial charge in [0.15, 0.2) is 0 Å². The molecule has 2 heterocycles. The fourth-order valence-electron chi connectivity index (χ4n) is 10.9. The van der Waals surface area contributed by atoms with Gasteiger partial charge in [-0.2, -0.15) is 0 Å². The van der Waals surface area contributed by atoms with E-state index in [9.17, 15) is 38.4 Å². The number of amides is 7. The number of carbonyl (C=O) groups excluding carboxylic acids is 8. The third kappa shape index (κ3) is 12.6. The van der Waals surface area contributed by atoms with Crippen molar-refractivity contribution >= 4 is 47.1 Å². The van der Waals surface area contributed by atoms with E-state index >= 15 is 0 Å². The predicted octanol–water partition coefficient (Wildman–Crippen LogP) is 5.50. The first-order valence-electron chi connectivity index (χ1n) is 26.6. The molecule has 398 valence electrons. The number of carbonyl (C=O) groups is 8. The molecule has 7 amide bonds. The normalized spacial score (nSPS) is 22.9. The average Bonchev–Trinajstić information content (AvgIpc) is 4.19. The minimum atomic E-state index is -0.936. The minimum absolute atomic E-state index is 0.0130. The summed E-state index contributed by atoms with van der Waals surface area (Å²) in [5.74, 6) is -3.72. The molecule has 0 spiro atoms. The van der Waals surface area contributed by atoms with Gasteiger partial charge in [0.1, 0.15) is 23.9 Å². The third-order valence-electron chi connectivity index (χ3n) is 15.9. The Morgan fingerprint density at radius 1 is 0.608 bits per heavy atom. The summed E-state index contributed by atoms with van der Waals surface area (Å²) in [7, 11) is 1.69. The first-order valence-corrected chi connectivity index (χ1v) is 26.6. The van der Waals surface area contributed by atoms with Crippen LogP contribution in [0.5, 0.6) is 0 Å². The Bertz CT molecular complexity index is 2430. The second-order valence-electron chi connectivity index (χ2n) is 23.2. The van der Waals surface area contributed by atoms with Crippen molar-refractivity contribution in [2.45, 2.75) is 162 Å². The average molecular weight is 1020 g/mol. The number of likely N-dealkylation sites (N-methyl/N-ethyl adjacent to an activating group) is 1. The number of fused-ring (bicyclic) bond motifs is 2. The van der Waals surface area contributed by atoms with Crippen LogP contribution in [0.4, 0.5) is 0 Å². The van der Waals surface area contributed by atoms with E-state index in [1.807, 2.05) is 84.9 Å². The molecule has 2 fully saturated rings. The molecule has 2 aliphatic carbocycles. The van der Waals surface area contributed by atoms with Crippen LogP contribution in [0.2, 0.25) is 0 Å². The maximum atomic E-state index is 14.6. The highest BCUT2D eigenvalue weighted by molar-refractivity contribution is 5.99. The molecular weight excluding hydrogens is 937 g/mol. The van der Waals surface area contributed by atoms with Crippen LogP contribution in [0.1, 0.15) is 156 Å². The zero-order valence-electron chi connectivity index (χ0n) is 44.9. The van der Waals surface area contributed by atoms with Crippen LogP contribution in [0.15, 0.2) is 72.8 Å². The fourth-order valence-corrected chi connectivity index (χ4v) is 10.9. The van der Waals surface area contributed by atoms with Gasteiger partial charge in [-0.1, -0.05) is 104 Å². The maximum Gasteiger partial charge on any atom is 0.251 e. The zero-order chi connectivity index (χ0) is 53.8. The summed E-state index contributed by atoms with van der Waals surface area (Å²) in [5.41, 5.74) is 3.61. The van der Waals surface area contributed by atoms with Gasteiger partial charge in [-0.3, -0.25) is 38.4 Å². The fraction of sp³-hybridized carbons (Fsp3) is 0.552. The molecule has 16 heteroatoms. The number of nitrogens with zero attached hydrogens (tertiary/aromatic N) is 2. The van der Waals surface area contributed by atoms with Gasteiger partial charge in [-0.05, 0) is 116 Å². The SMILES string of the molecule is CC[C@@H](C)C(=O)N[C@H](C(=O)N1C[C@@H](NC(=O)c2ccc(C(=O)N[C@H]3C[C@@H](C(=O)NC4CCc5ccccc54)N(C(=O)[C@@H](CC(=O)[C@H](C)NC)C(C)(C)C)C3)cc2)C[C@H]1C(=O)N[C@@H]1CCc2ccccc21)C(C)(C)C. The summed E-state index contributed by atoms with van der Waals surface area (Å²) in [5, 5.41) is 18.4.